The molecule has 0 radical (unpaired) electrons. The highest BCUT2D eigenvalue weighted by Crippen LogP contribution is 2.34. The van der Waals surface area contributed by atoms with Crippen LogP contribution in [0, 0.1) is 0 Å². The van der Waals surface area contributed by atoms with E-state index in [-0.39, 0.29) is 23.0 Å². The molecule has 0 saturated heterocycles. The Bertz CT molecular complexity index is 1440. The van der Waals surface area contributed by atoms with E-state index in [0.29, 0.717) is 0 Å². The van der Waals surface area contributed by atoms with Crippen molar-refractivity contribution in [2.24, 2.45) is 7.05 Å². The van der Waals surface area contributed by atoms with E-state index in [9.17, 15) is 0 Å². The number of benzene rings is 2. The molecule has 0 amide bonds. The average Bonchev–Trinajstić information content (AvgIpc) is 3.54. The van der Waals surface area contributed by atoms with Crippen LogP contribution in [0.4, 0.5) is 0 Å². The number of aromatic nitrogens is 5. The smallest absolute Gasteiger partial charge is 0.122 e. The van der Waals surface area contributed by atoms with E-state index in [2.05, 4.69) is 74.8 Å². The molecule has 1 atom stereocenters. The van der Waals surface area contributed by atoms with E-state index in [1.807, 2.05) is 36.3 Å². The molecule has 1 aliphatic carbocycles. The maximum atomic E-state index is 4.89. The van der Waals surface area contributed by atoms with Gasteiger partial charge in [0.1, 0.15) is 11.6 Å². The first-order valence-corrected chi connectivity index (χ1v) is 13.1. The Labute approximate surface area is 234 Å². The highest BCUT2D eigenvalue weighted by molar-refractivity contribution is 8.93. The van der Waals surface area contributed by atoms with Crippen LogP contribution in [0.2, 0.25) is 0 Å². The van der Waals surface area contributed by atoms with Gasteiger partial charge in [-0.15, -0.1) is 17.0 Å². The third-order valence-corrected chi connectivity index (χ3v) is 7.34. The Morgan fingerprint density at radius 3 is 2.61 bits per heavy atom. The van der Waals surface area contributed by atoms with Gasteiger partial charge in [-0.2, -0.15) is 0 Å². The van der Waals surface area contributed by atoms with Gasteiger partial charge in [0.25, 0.3) is 0 Å². The number of para-hydroxylation sites is 2. The second-order valence-electron chi connectivity index (χ2n) is 9.94. The molecule has 0 fully saturated rings. The zero-order valence-electron chi connectivity index (χ0n) is 21.7. The second kappa shape index (κ2) is 12.0. The van der Waals surface area contributed by atoms with Crippen molar-refractivity contribution in [2.45, 2.75) is 51.5 Å². The lowest BCUT2D eigenvalue weighted by atomic mass is 9.90. The van der Waals surface area contributed by atoms with Gasteiger partial charge in [-0.3, -0.25) is 9.88 Å². The van der Waals surface area contributed by atoms with Gasteiger partial charge in [0, 0.05) is 38.7 Å². The molecule has 2 aromatic carbocycles. The molecule has 7 nitrogen and oxygen atoms in total. The van der Waals surface area contributed by atoms with Gasteiger partial charge in [-0.25, -0.2) is 9.97 Å². The zero-order chi connectivity index (χ0) is 25.0. The van der Waals surface area contributed by atoms with Crippen LogP contribution in [0.3, 0.4) is 0 Å². The van der Waals surface area contributed by atoms with Crippen LogP contribution in [-0.4, -0.2) is 29.4 Å². The minimum Gasteiger partial charge on any atom is -0.341 e. The molecule has 5 aromatic rings. The minimum atomic E-state index is 0. The fraction of sp³-hybridized carbons (Fsp3) is 0.300. The summed E-state index contributed by atoms with van der Waals surface area (Å²) in [7, 11) is 2.02. The number of aromatic amines is 1. The second-order valence-corrected chi connectivity index (χ2v) is 9.94. The molecule has 8 heteroatoms. The van der Waals surface area contributed by atoms with Crippen LogP contribution in [-0.2, 0) is 39.6 Å². The number of fused-ring (bicyclic) bond motifs is 2. The van der Waals surface area contributed by atoms with E-state index in [1.54, 1.807) is 0 Å². The number of hydrogen-bond acceptors (Lipinski definition) is 5. The predicted molar refractivity (Wildman–Crippen MR) is 156 cm³/mol. The number of halogens is 1. The number of nitrogens with one attached hydrogen (secondary N) is 2. The largest absolute Gasteiger partial charge is 0.341 e. The van der Waals surface area contributed by atoms with Crippen molar-refractivity contribution >= 4 is 28.0 Å². The molecule has 2 N–H and O–H groups in total. The summed E-state index contributed by atoms with van der Waals surface area (Å²) in [6, 6.07) is 21.8. The lowest BCUT2D eigenvalue weighted by molar-refractivity contribution is 0.153. The predicted octanol–water partition coefficient (Wildman–Crippen LogP) is 5.64. The maximum Gasteiger partial charge on any atom is 0.122 e. The monoisotopic (exact) mass is 571 g/mol. The third-order valence-electron chi connectivity index (χ3n) is 7.34. The maximum absolute atomic E-state index is 4.89. The first-order chi connectivity index (χ1) is 18.2. The van der Waals surface area contributed by atoms with Crippen molar-refractivity contribution in [3.05, 3.63) is 113 Å². The molecule has 0 aliphatic heterocycles. The van der Waals surface area contributed by atoms with Crippen LogP contribution in [0.5, 0.6) is 0 Å². The summed E-state index contributed by atoms with van der Waals surface area (Å²) < 4.78 is 2.05. The number of imidazole rings is 2. The summed E-state index contributed by atoms with van der Waals surface area (Å²) in [6.45, 7) is 3.17. The Kier molecular flexibility index (Phi) is 8.32. The van der Waals surface area contributed by atoms with Gasteiger partial charge >= 0.3 is 0 Å². The van der Waals surface area contributed by atoms with Crippen molar-refractivity contribution in [2.75, 3.05) is 0 Å². The number of pyridine rings is 1. The summed E-state index contributed by atoms with van der Waals surface area (Å²) in [5.41, 5.74) is 7.27. The normalized spacial score (nSPS) is 14.9. The molecule has 0 spiro atoms. The van der Waals surface area contributed by atoms with E-state index < -0.39 is 0 Å². The first kappa shape index (κ1) is 26.3. The van der Waals surface area contributed by atoms with E-state index >= 15 is 0 Å². The minimum absolute atomic E-state index is 0. The lowest BCUT2D eigenvalue weighted by Crippen LogP contribution is -2.31. The number of nitrogens with zero attached hydrogens (tertiary/aromatic N) is 5. The van der Waals surface area contributed by atoms with Crippen molar-refractivity contribution in [3.8, 4) is 0 Å². The Morgan fingerprint density at radius 1 is 0.947 bits per heavy atom. The van der Waals surface area contributed by atoms with Crippen molar-refractivity contribution in [1.82, 2.24) is 34.7 Å². The molecule has 6 rings (SSSR count). The Morgan fingerprint density at radius 2 is 1.79 bits per heavy atom. The standard InChI is InChI=1S/C30H33N7.BrH/c1-36-17-16-32-29(36)19-31-18-22-11-13-23(14-12-22)20-37(21-28-34-25-8-2-3-9-26(25)35-28)27-10-4-6-24-7-5-15-33-30(24)27;/h2-3,5,7-9,11-17,27,31H,4,6,10,18-21H2,1H3,(H,34,35);1H. The summed E-state index contributed by atoms with van der Waals surface area (Å²) in [4.78, 5) is 20.2. The fourth-order valence-electron chi connectivity index (χ4n) is 5.37. The van der Waals surface area contributed by atoms with Crippen LogP contribution < -0.4 is 5.32 Å². The summed E-state index contributed by atoms with van der Waals surface area (Å²) >= 11 is 0. The third kappa shape index (κ3) is 5.88. The van der Waals surface area contributed by atoms with Crippen molar-refractivity contribution in [1.29, 1.82) is 0 Å². The molecule has 1 aliphatic rings. The quantitative estimate of drug-likeness (QED) is 0.239. The molecule has 1 unspecified atom stereocenters. The lowest BCUT2D eigenvalue weighted by Gasteiger charge is -2.34. The summed E-state index contributed by atoms with van der Waals surface area (Å²) in [5.74, 6) is 2.04. The Balaban J connectivity index is 0.00000294. The molecule has 38 heavy (non-hydrogen) atoms. The molecule has 0 bridgehead atoms. The molecule has 3 heterocycles. The Hall–Kier alpha value is -3.33. The molecule has 196 valence electrons. The fourth-order valence-corrected chi connectivity index (χ4v) is 5.37. The average molecular weight is 573 g/mol. The number of hydrogen-bond donors (Lipinski definition) is 2. The molecular weight excluding hydrogens is 538 g/mol. The van der Waals surface area contributed by atoms with Crippen molar-refractivity contribution in [3.63, 3.8) is 0 Å². The number of rotatable bonds is 9. The molecule has 3 aromatic heterocycles. The van der Waals surface area contributed by atoms with Gasteiger partial charge < -0.3 is 14.9 Å². The van der Waals surface area contributed by atoms with Crippen LogP contribution >= 0.6 is 17.0 Å². The number of aryl methyl sites for hydroxylation is 2. The van der Waals surface area contributed by atoms with Gasteiger partial charge in [-0.05, 0) is 54.2 Å². The van der Waals surface area contributed by atoms with Gasteiger partial charge in [0.05, 0.1) is 35.9 Å². The van der Waals surface area contributed by atoms with Crippen LogP contribution in [0.15, 0.2) is 79.3 Å². The van der Waals surface area contributed by atoms with Crippen molar-refractivity contribution < 1.29 is 0 Å². The first-order valence-electron chi connectivity index (χ1n) is 13.1. The highest BCUT2D eigenvalue weighted by atomic mass is 79.9. The zero-order valence-corrected chi connectivity index (χ0v) is 23.4. The topological polar surface area (TPSA) is 74.7 Å². The summed E-state index contributed by atoms with van der Waals surface area (Å²) in [6.07, 6.45) is 9.15. The van der Waals surface area contributed by atoms with E-state index in [0.717, 1.165) is 61.7 Å². The van der Waals surface area contributed by atoms with Gasteiger partial charge in [0.15, 0.2) is 0 Å². The molecular formula is C30H34BrN7. The van der Waals surface area contributed by atoms with Gasteiger partial charge in [0.2, 0.25) is 0 Å². The van der Waals surface area contributed by atoms with Crippen LogP contribution in [0.1, 0.15) is 52.9 Å². The summed E-state index contributed by atoms with van der Waals surface area (Å²) in [5, 5.41) is 3.50. The van der Waals surface area contributed by atoms with Gasteiger partial charge in [-0.1, -0.05) is 42.5 Å². The van der Waals surface area contributed by atoms with E-state index in [4.69, 9.17) is 9.97 Å². The SMILES string of the molecule is Br.Cn1ccnc1CNCc1ccc(CN(Cc2nc3ccccc3[nH]2)C2CCCc3cccnc32)cc1. The number of H-pyrrole nitrogens is 1. The highest BCUT2D eigenvalue weighted by Gasteiger charge is 2.28. The molecule has 0 saturated carbocycles. The van der Waals surface area contributed by atoms with E-state index in [1.165, 1.54) is 28.8 Å². The van der Waals surface area contributed by atoms with Crippen LogP contribution in [0.25, 0.3) is 11.0 Å².